The fourth-order valence-electron chi connectivity index (χ4n) is 6.68. The lowest BCUT2D eigenvalue weighted by Gasteiger charge is -2.18. The highest BCUT2D eigenvalue weighted by molar-refractivity contribution is 5.71. The van der Waals surface area contributed by atoms with Gasteiger partial charge in [-0.05, 0) is 135 Å². The van der Waals surface area contributed by atoms with Gasteiger partial charge in [-0.3, -0.25) is 14.4 Å². The highest BCUT2D eigenvalue weighted by Crippen LogP contribution is 2.11. The van der Waals surface area contributed by atoms with Gasteiger partial charge in [0.25, 0.3) is 0 Å². The van der Waals surface area contributed by atoms with Crippen molar-refractivity contribution in [1.82, 2.24) is 0 Å². The van der Waals surface area contributed by atoms with Crippen molar-refractivity contribution in [3.8, 4) is 0 Å². The summed E-state index contributed by atoms with van der Waals surface area (Å²) in [6.07, 6.45) is 84.9. The van der Waals surface area contributed by atoms with Crippen LogP contribution in [0.25, 0.3) is 0 Å². The van der Waals surface area contributed by atoms with Gasteiger partial charge < -0.3 is 14.2 Å². The van der Waals surface area contributed by atoms with E-state index in [1.54, 1.807) is 0 Å². The number of unbranched alkanes of at least 4 members (excludes halogenated alkanes) is 8. The third-order valence-electron chi connectivity index (χ3n) is 10.7. The minimum atomic E-state index is -0.844. The molecule has 0 aliphatic carbocycles. The maximum absolute atomic E-state index is 12.8. The molecular formula is C65H98O6. The third-order valence-corrected chi connectivity index (χ3v) is 10.7. The van der Waals surface area contributed by atoms with Gasteiger partial charge in [0.15, 0.2) is 6.10 Å². The maximum atomic E-state index is 12.8. The van der Waals surface area contributed by atoms with Gasteiger partial charge in [0.2, 0.25) is 0 Å². The molecule has 0 saturated carbocycles. The van der Waals surface area contributed by atoms with E-state index in [4.69, 9.17) is 14.2 Å². The molecule has 0 rings (SSSR count). The van der Waals surface area contributed by atoms with Crippen molar-refractivity contribution in [2.45, 2.75) is 207 Å². The summed E-state index contributed by atoms with van der Waals surface area (Å²) in [4.78, 5) is 38.1. The van der Waals surface area contributed by atoms with E-state index in [0.29, 0.717) is 19.3 Å². The van der Waals surface area contributed by atoms with E-state index in [2.05, 4.69) is 179 Å². The van der Waals surface area contributed by atoms with Gasteiger partial charge in [-0.15, -0.1) is 0 Å². The lowest BCUT2D eigenvalue weighted by molar-refractivity contribution is -0.166. The highest BCUT2D eigenvalue weighted by Gasteiger charge is 2.19. The molecule has 0 aromatic carbocycles. The molecule has 1 atom stereocenters. The number of carbonyl (C=O) groups excluding carboxylic acids is 3. The first-order valence-electron chi connectivity index (χ1n) is 27.6. The van der Waals surface area contributed by atoms with Crippen molar-refractivity contribution < 1.29 is 28.6 Å². The number of esters is 3. The van der Waals surface area contributed by atoms with Crippen LogP contribution in [0.2, 0.25) is 0 Å². The Morgan fingerprint density at radius 3 is 0.887 bits per heavy atom. The molecule has 0 aromatic heterocycles. The number of rotatable bonds is 47. The van der Waals surface area contributed by atoms with E-state index in [1.165, 1.54) is 0 Å². The Bertz CT molecular complexity index is 1690. The molecule has 394 valence electrons. The Morgan fingerprint density at radius 1 is 0.282 bits per heavy atom. The summed E-state index contributed by atoms with van der Waals surface area (Å²) in [6, 6.07) is 0. The quantitative estimate of drug-likeness (QED) is 0.0262. The van der Waals surface area contributed by atoms with Crippen LogP contribution in [0.3, 0.4) is 0 Å². The molecule has 0 unspecified atom stereocenters. The van der Waals surface area contributed by atoms with Gasteiger partial charge in [0, 0.05) is 19.3 Å². The first-order valence-corrected chi connectivity index (χ1v) is 27.6. The Labute approximate surface area is 434 Å². The average molecular weight is 975 g/mol. The minimum Gasteiger partial charge on any atom is -0.462 e. The minimum absolute atomic E-state index is 0.133. The van der Waals surface area contributed by atoms with Gasteiger partial charge in [-0.25, -0.2) is 0 Å². The number of hydrogen-bond acceptors (Lipinski definition) is 6. The summed E-state index contributed by atoms with van der Waals surface area (Å²) in [5.74, 6) is -1.08. The SMILES string of the molecule is CC/C=C\C/C=C\C/C=C\C/C=C\C/C=C\C/C=C\CCC(=O)OC[C@@H](COC(=O)CCCCCCC/C=C\C/C=C\C/C=C\CC)OC(=O)CCCCC/C=C\C/C=C\C/C=C\C/C=C\C/C=C\CC. The number of carbonyl (C=O) groups is 3. The average Bonchev–Trinajstić information content (AvgIpc) is 3.37. The molecule has 0 saturated heterocycles. The van der Waals surface area contributed by atoms with Gasteiger partial charge in [0.1, 0.15) is 13.2 Å². The van der Waals surface area contributed by atoms with Crippen LogP contribution in [-0.4, -0.2) is 37.2 Å². The first-order chi connectivity index (χ1) is 35.0. The van der Waals surface area contributed by atoms with E-state index in [1.807, 2.05) is 12.2 Å². The van der Waals surface area contributed by atoms with Crippen molar-refractivity contribution in [2.24, 2.45) is 0 Å². The van der Waals surface area contributed by atoms with Gasteiger partial charge in [-0.1, -0.05) is 217 Å². The normalized spacial score (nSPS) is 13.5. The molecule has 0 bridgehead atoms. The van der Waals surface area contributed by atoms with Crippen LogP contribution in [0.15, 0.2) is 170 Å². The summed E-state index contributed by atoms with van der Waals surface area (Å²) in [5.41, 5.74) is 0. The summed E-state index contributed by atoms with van der Waals surface area (Å²) in [5, 5.41) is 0. The summed E-state index contributed by atoms with van der Waals surface area (Å²) >= 11 is 0. The molecule has 6 nitrogen and oxygen atoms in total. The van der Waals surface area contributed by atoms with E-state index < -0.39 is 6.10 Å². The van der Waals surface area contributed by atoms with Crippen molar-refractivity contribution >= 4 is 17.9 Å². The molecule has 0 spiro atoms. The van der Waals surface area contributed by atoms with Gasteiger partial charge in [0.05, 0.1) is 0 Å². The summed E-state index contributed by atoms with van der Waals surface area (Å²) in [7, 11) is 0. The highest BCUT2D eigenvalue weighted by atomic mass is 16.6. The number of hydrogen-bond donors (Lipinski definition) is 0. The molecule has 0 radical (unpaired) electrons. The van der Waals surface area contributed by atoms with Crippen molar-refractivity contribution in [1.29, 1.82) is 0 Å². The Hall–Kier alpha value is -5.23. The standard InChI is InChI=1S/C65H98O6/c1-4-7-10-13-16-19-22-25-28-30-32-34-37-40-43-46-49-52-55-58-64(67)70-61-62(60-69-63(66)57-54-51-48-45-42-39-36-27-24-21-18-15-12-9-6-3)71-65(68)59-56-53-50-47-44-41-38-35-33-31-29-26-23-20-17-14-11-8-5-2/h7-12,16-21,25-29,32-36,40-41,43-44,49,52,62H,4-6,13-15,22-24,30-31,37-39,42,45-48,50-51,53-61H2,1-3H3/b10-7-,11-8-,12-9-,19-16-,20-17-,21-18-,28-25-,29-26-,34-32-,35-33-,36-27-,43-40-,44-41-,52-49-/t62-/m1/s1. The smallest absolute Gasteiger partial charge is 0.306 e. The molecule has 0 aromatic rings. The zero-order valence-electron chi connectivity index (χ0n) is 44.9. The predicted molar refractivity (Wildman–Crippen MR) is 306 cm³/mol. The second kappa shape index (κ2) is 57.3. The van der Waals surface area contributed by atoms with Crippen LogP contribution >= 0.6 is 0 Å². The monoisotopic (exact) mass is 975 g/mol. The van der Waals surface area contributed by atoms with Crippen LogP contribution in [0.5, 0.6) is 0 Å². The maximum Gasteiger partial charge on any atom is 0.306 e. The zero-order valence-corrected chi connectivity index (χ0v) is 44.9. The topological polar surface area (TPSA) is 78.9 Å². The first kappa shape index (κ1) is 65.8. The predicted octanol–water partition coefficient (Wildman–Crippen LogP) is 18.8. The molecule has 71 heavy (non-hydrogen) atoms. The molecule has 0 fully saturated rings. The Balaban J connectivity index is 4.64. The van der Waals surface area contributed by atoms with Crippen LogP contribution in [0.4, 0.5) is 0 Å². The summed E-state index contributed by atoms with van der Waals surface area (Å²) < 4.78 is 16.7. The second-order valence-electron chi connectivity index (χ2n) is 17.3. The van der Waals surface area contributed by atoms with Crippen LogP contribution in [0.1, 0.15) is 201 Å². The molecule has 0 N–H and O–H groups in total. The molecule has 6 heteroatoms. The second-order valence-corrected chi connectivity index (χ2v) is 17.3. The van der Waals surface area contributed by atoms with Crippen LogP contribution in [0, 0.1) is 0 Å². The zero-order chi connectivity index (χ0) is 51.4. The largest absolute Gasteiger partial charge is 0.462 e. The lowest BCUT2D eigenvalue weighted by atomic mass is 10.1. The number of ether oxygens (including phenoxy) is 3. The van der Waals surface area contributed by atoms with Crippen LogP contribution < -0.4 is 0 Å². The van der Waals surface area contributed by atoms with E-state index in [9.17, 15) is 14.4 Å². The van der Waals surface area contributed by atoms with E-state index >= 15 is 0 Å². The molecule has 0 heterocycles. The molecule has 0 aliphatic rings. The Morgan fingerprint density at radius 2 is 0.535 bits per heavy atom. The van der Waals surface area contributed by atoms with Crippen LogP contribution in [-0.2, 0) is 28.6 Å². The van der Waals surface area contributed by atoms with Gasteiger partial charge >= 0.3 is 17.9 Å². The fourth-order valence-corrected chi connectivity index (χ4v) is 6.68. The van der Waals surface area contributed by atoms with Crippen molar-refractivity contribution in [3.63, 3.8) is 0 Å². The van der Waals surface area contributed by atoms with Crippen molar-refractivity contribution in [2.75, 3.05) is 13.2 Å². The molecular weight excluding hydrogens is 877 g/mol. The van der Waals surface area contributed by atoms with E-state index in [0.717, 1.165) is 148 Å². The molecule has 0 aliphatic heterocycles. The van der Waals surface area contributed by atoms with Crippen molar-refractivity contribution in [3.05, 3.63) is 170 Å². The fraction of sp³-hybridized carbons (Fsp3) is 0.523. The molecule has 0 amide bonds. The van der Waals surface area contributed by atoms with E-state index in [-0.39, 0.29) is 44.0 Å². The lowest BCUT2D eigenvalue weighted by Crippen LogP contribution is -2.30. The van der Waals surface area contributed by atoms with Gasteiger partial charge in [-0.2, -0.15) is 0 Å². The third kappa shape index (κ3) is 55.6. The Kier molecular flexibility index (Phi) is 53.1. The summed E-state index contributed by atoms with van der Waals surface area (Å²) in [6.45, 7) is 6.16. The number of allylic oxidation sites excluding steroid dienone is 28.